The molecular weight excluding hydrogens is 416 g/mol. The van der Waals surface area contributed by atoms with Gasteiger partial charge >= 0.3 is 0 Å². The predicted octanol–water partition coefficient (Wildman–Crippen LogP) is 5.66. The minimum atomic E-state index is -0.369. The summed E-state index contributed by atoms with van der Waals surface area (Å²) in [6.07, 6.45) is 5.06. The molecule has 2 unspecified atom stereocenters. The number of pyridine rings is 2. The minimum Gasteiger partial charge on any atom is -0.310 e. The van der Waals surface area contributed by atoms with Gasteiger partial charge in [0.25, 0.3) is 0 Å². The van der Waals surface area contributed by atoms with Crippen molar-refractivity contribution in [1.82, 2.24) is 9.97 Å². The summed E-state index contributed by atoms with van der Waals surface area (Å²) in [6.45, 7) is 8.76. The zero-order valence-corrected chi connectivity index (χ0v) is 19.4. The van der Waals surface area contributed by atoms with Gasteiger partial charge in [0.2, 0.25) is 5.91 Å². The van der Waals surface area contributed by atoms with Crippen molar-refractivity contribution in [1.29, 1.82) is 5.26 Å². The van der Waals surface area contributed by atoms with Crippen LogP contribution in [-0.4, -0.2) is 21.1 Å². The average Bonchev–Trinajstić information content (AvgIpc) is 2.71. The van der Waals surface area contributed by atoms with Gasteiger partial charge in [-0.3, -0.25) is 4.79 Å². The van der Waals surface area contributed by atoms with E-state index in [2.05, 4.69) is 37.1 Å². The molecule has 2 heterocycles. The highest BCUT2D eigenvalue weighted by atomic mass is 35.5. The van der Waals surface area contributed by atoms with Gasteiger partial charge in [0.15, 0.2) is 0 Å². The Labute approximate surface area is 187 Å². The summed E-state index contributed by atoms with van der Waals surface area (Å²) in [7, 11) is 0. The first-order valence-corrected chi connectivity index (χ1v) is 11.5. The molecule has 1 aliphatic carbocycles. The number of rotatable bonds is 5. The van der Waals surface area contributed by atoms with E-state index in [4.69, 9.17) is 16.6 Å². The van der Waals surface area contributed by atoms with Gasteiger partial charge in [-0.15, -0.1) is 0 Å². The lowest BCUT2D eigenvalue weighted by atomic mass is 9.71. The van der Waals surface area contributed by atoms with Crippen LogP contribution in [0.25, 0.3) is 0 Å². The van der Waals surface area contributed by atoms with Crippen LogP contribution in [0.2, 0.25) is 5.02 Å². The van der Waals surface area contributed by atoms with Crippen molar-refractivity contribution in [3.63, 3.8) is 0 Å². The molecule has 2 aromatic rings. The molecule has 7 heteroatoms. The zero-order chi connectivity index (χ0) is 21.9. The van der Waals surface area contributed by atoms with E-state index in [1.807, 2.05) is 13.0 Å². The molecule has 0 saturated carbocycles. The SMILES string of the molecule is CCC(Sc1nc2c(cc1C#N)CC(C(C)(C)C)CC2)C(=O)Nc1ccc(Cl)cn1. The molecule has 0 bridgehead atoms. The zero-order valence-electron chi connectivity index (χ0n) is 17.8. The Balaban J connectivity index is 1.78. The summed E-state index contributed by atoms with van der Waals surface area (Å²) < 4.78 is 0. The quantitative estimate of drug-likeness (QED) is 0.604. The van der Waals surface area contributed by atoms with Crippen molar-refractivity contribution in [2.75, 3.05) is 5.32 Å². The molecule has 2 aromatic heterocycles. The van der Waals surface area contributed by atoms with Crippen LogP contribution < -0.4 is 5.32 Å². The Hall–Kier alpha value is -2.10. The molecule has 3 rings (SSSR count). The maximum atomic E-state index is 12.8. The first kappa shape index (κ1) is 22.6. The van der Waals surface area contributed by atoms with E-state index in [-0.39, 0.29) is 16.6 Å². The molecule has 158 valence electrons. The van der Waals surface area contributed by atoms with Gasteiger partial charge in [0.1, 0.15) is 16.9 Å². The molecule has 0 aromatic carbocycles. The third-order valence-corrected chi connectivity index (χ3v) is 7.18. The van der Waals surface area contributed by atoms with E-state index in [0.717, 1.165) is 25.0 Å². The number of nitrogens with one attached hydrogen (secondary N) is 1. The number of halogens is 1. The molecule has 0 aliphatic heterocycles. The fourth-order valence-electron chi connectivity index (χ4n) is 3.67. The Morgan fingerprint density at radius 2 is 2.20 bits per heavy atom. The van der Waals surface area contributed by atoms with Crippen molar-refractivity contribution in [3.05, 3.63) is 46.2 Å². The third-order valence-electron chi connectivity index (χ3n) is 5.59. The van der Waals surface area contributed by atoms with Gasteiger partial charge in [-0.25, -0.2) is 9.97 Å². The van der Waals surface area contributed by atoms with Crippen LogP contribution in [-0.2, 0) is 17.6 Å². The molecule has 0 spiro atoms. The number of hydrogen-bond acceptors (Lipinski definition) is 5. The lowest BCUT2D eigenvalue weighted by molar-refractivity contribution is -0.115. The lowest BCUT2D eigenvalue weighted by Crippen LogP contribution is -2.28. The van der Waals surface area contributed by atoms with Crippen molar-refractivity contribution < 1.29 is 4.79 Å². The second-order valence-corrected chi connectivity index (χ2v) is 10.4. The van der Waals surface area contributed by atoms with Crippen LogP contribution in [0.1, 0.15) is 57.4 Å². The molecule has 1 aliphatic rings. The minimum absolute atomic E-state index is 0.159. The molecule has 30 heavy (non-hydrogen) atoms. The number of aryl methyl sites for hydroxylation is 1. The molecule has 5 nitrogen and oxygen atoms in total. The Kier molecular flexibility index (Phi) is 7.05. The van der Waals surface area contributed by atoms with Gasteiger partial charge in [-0.1, -0.05) is 51.1 Å². The van der Waals surface area contributed by atoms with Gasteiger partial charge in [0.05, 0.1) is 15.8 Å². The van der Waals surface area contributed by atoms with Gasteiger partial charge in [0, 0.05) is 11.9 Å². The van der Waals surface area contributed by atoms with E-state index in [9.17, 15) is 10.1 Å². The fourth-order valence-corrected chi connectivity index (χ4v) is 4.78. The average molecular weight is 443 g/mol. The van der Waals surface area contributed by atoms with Gasteiger partial charge in [-0.2, -0.15) is 5.26 Å². The maximum Gasteiger partial charge on any atom is 0.239 e. The molecule has 1 amide bonds. The molecule has 2 atom stereocenters. The van der Waals surface area contributed by atoms with E-state index in [0.29, 0.717) is 33.8 Å². The highest BCUT2D eigenvalue weighted by Gasteiger charge is 2.30. The second-order valence-electron chi connectivity index (χ2n) is 8.73. The largest absolute Gasteiger partial charge is 0.310 e. The van der Waals surface area contributed by atoms with Crippen LogP contribution >= 0.6 is 23.4 Å². The molecular formula is C23H27ClN4OS. The monoisotopic (exact) mass is 442 g/mol. The van der Waals surface area contributed by atoms with Crippen molar-refractivity contribution in [3.8, 4) is 6.07 Å². The number of nitrogens with zero attached hydrogens (tertiary/aromatic N) is 3. The van der Waals surface area contributed by atoms with Crippen LogP contribution in [0.4, 0.5) is 5.82 Å². The number of fused-ring (bicyclic) bond motifs is 1. The number of anilines is 1. The normalized spacial score (nSPS) is 17.0. The maximum absolute atomic E-state index is 12.8. The van der Waals surface area contributed by atoms with E-state index in [1.54, 1.807) is 12.1 Å². The third kappa shape index (κ3) is 5.33. The topological polar surface area (TPSA) is 78.7 Å². The predicted molar refractivity (Wildman–Crippen MR) is 122 cm³/mol. The Morgan fingerprint density at radius 3 is 2.80 bits per heavy atom. The number of hydrogen-bond donors (Lipinski definition) is 1. The first-order valence-electron chi connectivity index (χ1n) is 10.2. The Morgan fingerprint density at radius 1 is 1.43 bits per heavy atom. The molecule has 0 fully saturated rings. The first-order chi connectivity index (χ1) is 14.2. The van der Waals surface area contributed by atoms with Crippen molar-refractivity contribution >= 4 is 35.1 Å². The molecule has 0 saturated heterocycles. The summed E-state index contributed by atoms with van der Waals surface area (Å²) in [6, 6.07) is 7.61. The van der Waals surface area contributed by atoms with E-state index >= 15 is 0 Å². The smallest absolute Gasteiger partial charge is 0.239 e. The Bertz CT molecular complexity index is 963. The van der Waals surface area contributed by atoms with Gasteiger partial charge in [-0.05, 0) is 60.8 Å². The summed E-state index contributed by atoms with van der Waals surface area (Å²) in [5.41, 5.74) is 3.01. The van der Waals surface area contributed by atoms with Gasteiger partial charge < -0.3 is 5.32 Å². The van der Waals surface area contributed by atoms with E-state index < -0.39 is 0 Å². The number of thioether (sulfide) groups is 1. The standard InChI is InChI=1S/C23H27ClN4OS/c1-5-19(21(29)28-20-9-7-17(24)13-26-20)30-22-15(12-25)10-14-11-16(23(2,3)4)6-8-18(14)27-22/h7,9-10,13,16,19H,5-6,8,11H2,1-4H3,(H,26,28,29). The van der Waals surface area contributed by atoms with Crippen LogP contribution in [0, 0.1) is 22.7 Å². The lowest BCUT2D eigenvalue weighted by Gasteiger charge is -2.34. The number of amides is 1. The molecule has 1 N–H and O–H groups in total. The number of carbonyl (C=O) groups is 1. The number of carbonyl (C=O) groups excluding carboxylic acids is 1. The highest BCUT2D eigenvalue weighted by molar-refractivity contribution is 8.00. The summed E-state index contributed by atoms with van der Waals surface area (Å²) in [5.74, 6) is 0.877. The van der Waals surface area contributed by atoms with E-state index in [1.165, 1.54) is 23.5 Å². The fraction of sp³-hybridized carbons (Fsp3) is 0.478. The highest BCUT2D eigenvalue weighted by Crippen LogP contribution is 2.38. The number of nitriles is 1. The second kappa shape index (κ2) is 9.36. The summed E-state index contributed by atoms with van der Waals surface area (Å²) in [5, 5.41) is 13.3. The molecule has 0 radical (unpaired) electrons. The summed E-state index contributed by atoms with van der Waals surface area (Å²) >= 11 is 7.20. The van der Waals surface area contributed by atoms with Crippen molar-refractivity contribution in [2.45, 2.75) is 63.7 Å². The number of aromatic nitrogens is 2. The van der Waals surface area contributed by atoms with Crippen molar-refractivity contribution in [2.24, 2.45) is 11.3 Å². The summed E-state index contributed by atoms with van der Waals surface area (Å²) in [4.78, 5) is 21.7. The van der Waals surface area contributed by atoms with Crippen LogP contribution in [0.15, 0.2) is 29.4 Å². The van der Waals surface area contributed by atoms with Crippen LogP contribution in [0.3, 0.4) is 0 Å². The van der Waals surface area contributed by atoms with Crippen LogP contribution in [0.5, 0.6) is 0 Å².